The predicted octanol–water partition coefficient (Wildman–Crippen LogP) is 1.94. The summed E-state index contributed by atoms with van der Waals surface area (Å²) in [5, 5.41) is 0. The van der Waals surface area contributed by atoms with Crippen molar-refractivity contribution in [2.24, 2.45) is 5.73 Å². The molecule has 0 amide bonds. The van der Waals surface area contributed by atoms with Crippen LogP contribution in [0.3, 0.4) is 0 Å². The van der Waals surface area contributed by atoms with E-state index in [1.54, 1.807) is 19.1 Å². The minimum atomic E-state index is -0.350. The zero-order chi connectivity index (χ0) is 12.0. The number of nitrogens with two attached hydrogens (primary N) is 1. The number of rotatable bonds is 5. The molecule has 1 rings (SSSR count). The number of carbonyl (C=O) groups is 1. The van der Waals surface area contributed by atoms with Crippen molar-refractivity contribution in [1.29, 1.82) is 0 Å². The Hall–Kier alpha value is -1.07. The van der Waals surface area contributed by atoms with Gasteiger partial charge in [-0.2, -0.15) is 0 Å². The fraction of sp³-hybridized carbons (Fsp3) is 0.364. The predicted molar refractivity (Wildman–Crippen MR) is 61.6 cm³/mol. The number of thioether (sulfide) groups is 1. The summed E-state index contributed by atoms with van der Waals surface area (Å²) in [4.78, 5) is 11.6. The molecule has 5 heteroatoms. The van der Waals surface area contributed by atoms with Crippen LogP contribution >= 0.6 is 11.8 Å². The highest BCUT2D eigenvalue weighted by molar-refractivity contribution is 8.00. The van der Waals surface area contributed by atoms with E-state index in [9.17, 15) is 9.18 Å². The van der Waals surface area contributed by atoms with Crippen LogP contribution in [-0.2, 0) is 16.1 Å². The van der Waals surface area contributed by atoms with Gasteiger partial charge in [0, 0.05) is 11.4 Å². The van der Waals surface area contributed by atoms with Crippen molar-refractivity contribution in [3.8, 4) is 0 Å². The molecule has 3 nitrogen and oxygen atoms in total. The van der Waals surface area contributed by atoms with Crippen molar-refractivity contribution in [2.75, 3.05) is 12.4 Å². The van der Waals surface area contributed by atoms with Crippen molar-refractivity contribution < 1.29 is 13.9 Å². The summed E-state index contributed by atoms with van der Waals surface area (Å²) in [5.74, 6) is -0.599. The second-order valence-corrected chi connectivity index (χ2v) is 4.01. The Bertz CT molecular complexity index is 371. The van der Waals surface area contributed by atoms with Gasteiger partial charge in [-0.15, -0.1) is 11.8 Å². The lowest BCUT2D eigenvalue weighted by Gasteiger charge is -2.07. The van der Waals surface area contributed by atoms with Crippen molar-refractivity contribution >= 4 is 17.7 Å². The minimum Gasteiger partial charge on any atom is -0.465 e. The molecule has 0 spiro atoms. The standard InChI is InChI=1S/C11H14FNO2S/c1-2-15-10(14)7-16-11-8(6-13)4-3-5-9(11)12/h3-5H,2,6-7,13H2,1H3. The highest BCUT2D eigenvalue weighted by atomic mass is 32.2. The largest absolute Gasteiger partial charge is 0.465 e. The average molecular weight is 243 g/mol. The molecule has 0 aliphatic carbocycles. The first-order chi connectivity index (χ1) is 7.69. The van der Waals surface area contributed by atoms with E-state index in [2.05, 4.69) is 0 Å². The highest BCUT2D eigenvalue weighted by Crippen LogP contribution is 2.25. The molecule has 0 bridgehead atoms. The molecule has 1 aromatic carbocycles. The summed E-state index contributed by atoms with van der Waals surface area (Å²) in [6, 6.07) is 4.70. The third kappa shape index (κ3) is 3.50. The first kappa shape index (κ1) is 13.0. The Morgan fingerprint density at radius 2 is 2.31 bits per heavy atom. The maximum atomic E-state index is 13.4. The summed E-state index contributed by atoms with van der Waals surface area (Å²) in [7, 11) is 0. The van der Waals surface area contributed by atoms with E-state index >= 15 is 0 Å². The molecule has 0 atom stereocenters. The Morgan fingerprint density at radius 3 is 2.94 bits per heavy atom. The number of esters is 1. The average Bonchev–Trinajstić information content (AvgIpc) is 2.27. The van der Waals surface area contributed by atoms with Gasteiger partial charge in [0.15, 0.2) is 0 Å². The lowest BCUT2D eigenvalue weighted by atomic mass is 10.2. The number of benzene rings is 1. The van der Waals surface area contributed by atoms with Gasteiger partial charge in [-0.25, -0.2) is 4.39 Å². The molecule has 0 unspecified atom stereocenters. The van der Waals surface area contributed by atoms with Crippen LogP contribution in [0, 0.1) is 5.82 Å². The van der Waals surface area contributed by atoms with Crippen LogP contribution in [0.25, 0.3) is 0 Å². The Kier molecular flexibility index (Phi) is 5.28. The van der Waals surface area contributed by atoms with Crippen molar-refractivity contribution in [3.63, 3.8) is 0 Å². The molecular formula is C11H14FNO2S. The van der Waals surface area contributed by atoms with E-state index in [-0.39, 0.29) is 24.1 Å². The molecule has 0 saturated heterocycles. The van der Waals surface area contributed by atoms with Gasteiger partial charge < -0.3 is 10.5 Å². The molecule has 88 valence electrons. The Labute approximate surface area is 98.2 Å². The molecule has 0 aliphatic heterocycles. The van der Waals surface area contributed by atoms with Crippen LogP contribution in [0.1, 0.15) is 12.5 Å². The molecular weight excluding hydrogens is 229 g/mol. The molecule has 0 heterocycles. The maximum Gasteiger partial charge on any atom is 0.316 e. The third-order valence-electron chi connectivity index (χ3n) is 1.91. The van der Waals surface area contributed by atoms with Gasteiger partial charge in [-0.1, -0.05) is 12.1 Å². The van der Waals surface area contributed by atoms with Gasteiger partial charge in [-0.3, -0.25) is 4.79 Å². The zero-order valence-electron chi connectivity index (χ0n) is 9.03. The van der Waals surface area contributed by atoms with Crippen molar-refractivity contribution in [3.05, 3.63) is 29.6 Å². The minimum absolute atomic E-state index is 0.0990. The van der Waals surface area contributed by atoms with Crippen LogP contribution in [-0.4, -0.2) is 18.3 Å². The van der Waals surface area contributed by atoms with Crippen molar-refractivity contribution in [2.45, 2.75) is 18.4 Å². The van der Waals surface area contributed by atoms with Gasteiger partial charge in [0.1, 0.15) is 5.82 Å². The topological polar surface area (TPSA) is 52.3 Å². The second-order valence-electron chi connectivity index (χ2n) is 3.03. The van der Waals surface area contributed by atoms with E-state index in [4.69, 9.17) is 10.5 Å². The number of carbonyl (C=O) groups excluding carboxylic acids is 1. The normalized spacial score (nSPS) is 10.2. The number of hydrogen-bond acceptors (Lipinski definition) is 4. The molecule has 0 saturated carbocycles. The molecule has 0 aromatic heterocycles. The quantitative estimate of drug-likeness (QED) is 0.634. The number of hydrogen-bond donors (Lipinski definition) is 1. The molecule has 0 radical (unpaired) electrons. The summed E-state index contributed by atoms with van der Waals surface area (Å²) < 4.78 is 18.2. The van der Waals surface area contributed by atoms with Gasteiger partial charge in [-0.05, 0) is 18.6 Å². The van der Waals surface area contributed by atoms with Gasteiger partial charge in [0.05, 0.1) is 12.4 Å². The SMILES string of the molecule is CCOC(=O)CSc1c(F)cccc1CN. The summed E-state index contributed by atoms with van der Waals surface area (Å²) in [6.07, 6.45) is 0. The van der Waals surface area contributed by atoms with E-state index in [0.29, 0.717) is 17.1 Å². The third-order valence-corrected chi connectivity index (χ3v) is 3.03. The second kappa shape index (κ2) is 6.50. The van der Waals surface area contributed by atoms with E-state index in [1.807, 2.05) is 0 Å². The first-order valence-electron chi connectivity index (χ1n) is 4.95. The molecule has 16 heavy (non-hydrogen) atoms. The Morgan fingerprint density at radius 1 is 1.56 bits per heavy atom. The van der Waals surface area contributed by atoms with Gasteiger partial charge >= 0.3 is 5.97 Å². The monoisotopic (exact) mass is 243 g/mol. The van der Waals surface area contributed by atoms with Gasteiger partial charge in [0.2, 0.25) is 0 Å². The summed E-state index contributed by atoms with van der Waals surface area (Å²) in [6.45, 7) is 2.32. The van der Waals surface area contributed by atoms with E-state index in [0.717, 1.165) is 11.8 Å². The van der Waals surface area contributed by atoms with Crippen LogP contribution in [0.2, 0.25) is 0 Å². The maximum absolute atomic E-state index is 13.4. The molecule has 2 N–H and O–H groups in total. The molecule has 1 aromatic rings. The molecule has 0 aliphatic rings. The van der Waals surface area contributed by atoms with Gasteiger partial charge in [0.25, 0.3) is 0 Å². The lowest BCUT2D eigenvalue weighted by Crippen LogP contribution is -2.08. The summed E-state index contributed by atoms with van der Waals surface area (Å²) in [5.41, 5.74) is 6.19. The highest BCUT2D eigenvalue weighted by Gasteiger charge is 2.10. The smallest absolute Gasteiger partial charge is 0.316 e. The van der Waals surface area contributed by atoms with Crippen LogP contribution in [0.5, 0.6) is 0 Å². The van der Waals surface area contributed by atoms with Crippen LogP contribution in [0.15, 0.2) is 23.1 Å². The Balaban J connectivity index is 2.69. The fourth-order valence-corrected chi connectivity index (χ4v) is 2.10. The summed E-state index contributed by atoms with van der Waals surface area (Å²) >= 11 is 1.12. The lowest BCUT2D eigenvalue weighted by molar-refractivity contribution is -0.139. The first-order valence-corrected chi connectivity index (χ1v) is 5.93. The van der Waals surface area contributed by atoms with Crippen LogP contribution < -0.4 is 5.73 Å². The number of ether oxygens (including phenoxy) is 1. The molecule has 0 fully saturated rings. The fourth-order valence-electron chi connectivity index (χ4n) is 1.21. The zero-order valence-corrected chi connectivity index (χ0v) is 9.85. The van der Waals surface area contributed by atoms with Crippen LogP contribution in [0.4, 0.5) is 4.39 Å². The van der Waals surface area contributed by atoms with E-state index < -0.39 is 0 Å². The van der Waals surface area contributed by atoms with E-state index in [1.165, 1.54) is 6.07 Å². The van der Waals surface area contributed by atoms with Crippen molar-refractivity contribution in [1.82, 2.24) is 0 Å². The number of halogens is 1.